The molecule has 0 nitrogen and oxygen atoms in total. The van der Waals surface area contributed by atoms with Crippen LogP contribution >= 0.6 is 12.2 Å². The molecule has 0 radical (unpaired) electrons. The SMILES string of the molecule is S=CC1C(c2ccccc2)=C1c1ccccc1. The van der Waals surface area contributed by atoms with Crippen molar-refractivity contribution in [3.8, 4) is 0 Å². The fraction of sp³-hybridized carbons (Fsp3) is 0.0625. The maximum atomic E-state index is 5.13. The van der Waals surface area contributed by atoms with E-state index in [2.05, 4.69) is 48.5 Å². The first-order valence-corrected chi connectivity index (χ1v) is 6.19. The minimum absolute atomic E-state index is 0.356. The molecule has 2 aromatic carbocycles. The second-order valence-corrected chi connectivity index (χ2v) is 4.45. The van der Waals surface area contributed by atoms with Gasteiger partial charge >= 0.3 is 0 Å². The third kappa shape index (κ3) is 1.83. The van der Waals surface area contributed by atoms with Crippen LogP contribution in [0.1, 0.15) is 11.1 Å². The second-order valence-electron chi connectivity index (χ2n) is 4.17. The maximum absolute atomic E-state index is 5.13. The van der Waals surface area contributed by atoms with E-state index in [9.17, 15) is 0 Å². The smallest absolute Gasteiger partial charge is 0.0391 e. The van der Waals surface area contributed by atoms with Crippen molar-refractivity contribution < 1.29 is 0 Å². The maximum Gasteiger partial charge on any atom is 0.0391 e. The van der Waals surface area contributed by atoms with Gasteiger partial charge in [0.25, 0.3) is 0 Å². The Morgan fingerprint density at radius 3 is 1.47 bits per heavy atom. The summed E-state index contributed by atoms with van der Waals surface area (Å²) in [4.78, 5) is 0. The summed E-state index contributed by atoms with van der Waals surface area (Å²) in [5, 5.41) is 1.87. The van der Waals surface area contributed by atoms with Crippen molar-refractivity contribution in [2.45, 2.75) is 0 Å². The van der Waals surface area contributed by atoms with E-state index < -0.39 is 0 Å². The van der Waals surface area contributed by atoms with Gasteiger partial charge in [0.2, 0.25) is 0 Å². The van der Waals surface area contributed by atoms with Gasteiger partial charge in [-0.15, -0.1) is 0 Å². The molecule has 0 bridgehead atoms. The van der Waals surface area contributed by atoms with Crippen molar-refractivity contribution in [2.24, 2.45) is 5.92 Å². The lowest BCUT2D eigenvalue weighted by Crippen LogP contribution is -1.82. The van der Waals surface area contributed by atoms with Crippen molar-refractivity contribution in [1.82, 2.24) is 0 Å². The quantitative estimate of drug-likeness (QED) is 0.719. The molecule has 0 aromatic heterocycles. The highest BCUT2D eigenvalue weighted by Gasteiger charge is 2.35. The highest BCUT2D eigenvalue weighted by molar-refractivity contribution is 7.79. The predicted octanol–water partition coefficient (Wildman–Crippen LogP) is 4.23. The van der Waals surface area contributed by atoms with Crippen LogP contribution in [0.25, 0.3) is 11.1 Å². The Morgan fingerprint density at radius 2 is 1.12 bits per heavy atom. The largest absolute Gasteiger partial charge is 0.0924 e. The zero-order chi connectivity index (χ0) is 11.7. The van der Waals surface area contributed by atoms with Crippen molar-refractivity contribution in [1.29, 1.82) is 0 Å². The van der Waals surface area contributed by atoms with Gasteiger partial charge in [-0.25, -0.2) is 0 Å². The summed E-state index contributed by atoms with van der Waals surface area (Å²) < 4.78 is 0. The summed E-state index contributed by atoms with van der Waals surface area (Å²) in [5.74, 6) is 0.356. The average molecular weight is 236 g/mol. The Balaban J connectivity index is 2.04. The van der Waals surface area contributed by atoms with Crippen LogP contribution in [-0.4, -0.2) is 5.37 Å². The van der Waals surface area contributed by atoms with Crippen LogP contribution in [0, 0.1) is 5.92 Å². The molecule has 0 spiro atoms. The van der Waals surface area contributed by atoms with Crippen molar-refractivity contribution >= 4 is 28.7 Å². The summed E-state index contributed by atoms with van der Waals surface area (Å²) in [5.41, 5.74) is 5.34. The highest BCUT2D eigenvalue weighted by atomic mass is 32.1. The Kier molecular flexibility index (Phi) is 2.62. The monoisotopic (exact) mass is 236 g/mol. The lowest BCUT2D eigenvalue weighted by Gasteiger charge is -1.93. The molecule has 0 heterocycles. The summed E-state index contributed by atoms with van der Waals surface area (Å²) in [6.45, 7) is 0. The number of hydrogen-bond donors (Lipinski definition) is 0. The number of thiocarbonyl (C=S) groups is 1. The van der Waals surface area contributed by atoms with Gasteiger partial charge in [-0.3, -0.25) is 0 Å². The van der Waals surface area contributed by atoms with Crippen LogP contribution < -0.4 is 0 Å². The van der Waals surface area contributed by atoms with E-state index in [0.29, 0.717) is 5.92 Å². The molecule has 0 N–H and O–H groups in total. The Hall–Kier alpha value is -1.73. The lowest BCUT2D eigenvalue weighted by molar-refractivity contribution is 1.41. The zero-order valence-corrected chi connectivity index (χ0v) is 10.2. The van der Waals surface area contributed by atoms with Gasteiger partial charge in [-0.2, -0.15) is 0 Å². The van der Waals surface area contributed by atoms with E-state index in [1.54, 1.807) is 0 Å². The van der Waals surface area contributed by atoms with Crippen LogP contribution in [0.4, 0.5) is 0 Å². The van der Waals surface area contributed by atoms with E-state index in [0.717, 1.165) is 0 Å². The van der Waals surface area contributed by atoms with Gasteiger partial charge < -0.3 is 0 Å². The third-order valence-corrected chi connectivity index (χ3v) is 3.41. The molecule has 0 saturated carbocycles. The van der Waals surface area contributed by atoms with Gasteiger partial charge in [0.15, 0.2) is 0 Å². The lowest BCUT2D eigenvalue weighted by atomic mass is 10.1. The van der Waals surface area contributed by atoms with Gasteiger partial charge in [0, 0.05) is 5.92 Å². The van der Waals surface area contributed by atoms with E-state index in [1.807, 2.05) is 17.5 Å². The van der Waals surface area contributed by atoms with E-state index in [-0.39, 0.29) is 0 Å². The number of rotatable bonds is 3. The summed E-state index contributed by atoms with van der Waals surface area (Å²) in [6, 6.07) is 21.0. The van der Waals surface area contributed by atoms with Crippen molar-refractivity contribution in [2.75, 3.05) is 0 Å². The van der Waals surface area contributed by atoms with E-state index in [1.165, 1.54) is 22.3 Å². The fourth-order valence-electron chi connectivity index (χ4n) is 2.28. The number of allylic oxidation sites excluding steroid dienone is 2. The Morgan fingerprint density at radius 1 is 0.706 bits per heavy atom. The standard InChI is InChI=1S/C16H12S/c17-11-14-15(12-7-3-1-4-8-12)16(14)13-9-5-2-6-10-13/h1-11,14H. The molecule has 82 valence electrons. The minimum atomic E-state index is 0.356. The molecular weight excluding hydrogens is 224 g/mol. The van der Waals surface area contributed by atoms with Gasteiger partial charge in [-0.1, -0.05) is 72.9 Å². The molecule has 17 heavy (non-hydrogen) atoms. The van der Waals surface area contributed by atoms with Crippen LogP contribution in [-0.2, 0) is 0 Å². The molecular formula is C16H12S. The molecule has 0 aliphatic heterocycles. The van der Waals surface area contributed by atoms with Crippen LogP contribution in [0.15, 0.2) is 60.7 Å². The molecule has 0 amide bonds. The summed E-state index contributed by atoms with van der Waals surface area (Å²) in [6.07, 6.45) is 0. The van der Waals surface area contributed by atoms with Crippen LogP contribution in [0.2, 0.25) is 0 Å². The average Bonchev–Trinajstić information content (AvgIpc) is 3.15. The fourth-order valence-corrected chi connectivity index (χ4v) is 2.55. The molecule has 0 fully saturated rings. The zero-order valence-electron chi connectivity index (χ0n) is 9.34. The second kappa shape index (κ2) is 4.27. The van der Waals surface area contributed by atoms with Gasteiger partial charge in [0.1, 0.15) is 0 Å². The Labute approximate surface area is 107 Å². The Bertz CT molecular complexity index is 517. The highest BCUT2D eigenvalue weighted by Crippen LogP contribution is 2.51. The molecule has 1 aliphatic carbocycles. The van der Waals surface area contributed by atoms with E-state index in [4.69, 9.17) is 12.2 Å². The third-order valence-electron chi connectivity index (χ3n) is 3.13. The predicted molar refractivity (Wildman–Crippen MR) is 76.8 cm³/mol. The minimum Gasteiger partial charge on any atom is -0.0924 e. The topological polar surface area (TPSA) is 0 Å². The first kappa shape index (κ1) is 10.4. The molecule has 0 unspecified atom stereocenters. The van der Waals surface area contributed by atoms with Gasteiger partial charge in [-0.05, 0) is 27.6 Å². The van der Waals surface area contributed by atoms with Crippen LogP contribution in [0.3, 0.4) is 0 Å². The normalized spacial score (nSPS) is 14.8. The molecule has 0 saturated heterocycles. The van der Waals surface area contributed by atoms with Gasteiger partial charge in [0.05, 0.1) is 0 Å². The summed E-state index contributed by atoms with van der Waals surface area (Å²) in [7, 11) is 0. The first-order chi connectivity index (χ1) is 8.42. The molecule has 3 rings (SSSR count). The van der Waals surface area contributed by atoms with Crippen molar-refractivity contribution in [3.05, 3.63) is 71.8 Å². The molecule has 0 atom stereocenters. The molecule has 1 heteroatoms. The summed E-state index contributed by atoms with van der Waals surface area (Å²) >= 11 is 5.13. The number of benzene rings is 2. The molecule has 1 aliphatic rings. The van der Waals surface area contributed by atoms with Crippen LogP contribution in [0.5, 0.6) is 0 Å². The number of hydrogen-bond acceptors (Lipinski definition) is 1. The molecule has 2 aromatic rings. The van der Waals surface area contributed by atoms with E-state index >= 15 is 0 Å². The first-order valence-electron chi connectivity index (χ1n) is 5.72. The van der Waals surface area contributed by atoms with Crippen molar-refractivity contribution in [3.63, 3.8) is 0 Å².